The van der Waals surface area contributed by atoms with Crippen molar-refractivity contribution < 1.29 is 23.8 Å². The SMILES string of the molecule is CC/C=C\C/C=C\C/C=C\C/C=C\C/C=C\CCCC(=O)OCC(COCCCCCCCC/C=C\C/C=C\CCC)OC(=O)CCCCCCC. The molecule has 0 saturated heterocycles. The zero-order chi connectivity index (χ0) is 37.8. The summed E-state index contributed by atoms with van der Waals surface area (Å²) in [5, 5.41) is 0. The summed E-state index contributed by atoms with van der Waals surface area (Å²) in [7, 11) is 0. The molecule has 296 valence electrons. The molecule has 0 bridgehead atoms. The Balaban J connectivity index is 4.22. The van der Waals surface area contributed by atoms with Crippen molar-refractivity contribution in [1.29, 1.82) is 0 Å². The van der Waals surface area contributed by atoms with E-state index >= 15 is 0 Å². The number of carbonyl (C=O) groups is 2. The molecule has 0 amide bonds. The van der Waals surface area contributed by atoms with Crippen LogP contribution in [0.2, 0.25) is 0 Å². The van der Waals surface area contributed by atoms with Gasteiger partial charge in [-0.25, -0.2) is 0 Å². The van der Waals surface area contributed by atoms with Gasteiger partial charge in [0.25, 0.3) is 0 Å². The molecular formula is C47H78O5. The minimum absolute atomic E-state index is 0.0472. The monoisotopic (exact) mass is 723 g/mol. The summed E-state index contributed by atoms with van der Waals surface area (Å²) in [5.41, 5.74) is 0. The molecule has 5 nitrogen and oxygen atoms in total. The van der Waals surface area contributed by atoms with Gasteiger partial charge in [-0.1, -0.05) is 164 Å². The lowest BCUT2D eigenvalue weighted by molar-refractivity contribution is -0.163. The van der Waals surface area contributed by atoms with E-state index in [1.807, 2.05) is 0 Å². The van der Waals surface area contributed by atoms with Crippen LogP contribution in [0.3, 0.4) is 0 Å². The largest absolute Gasteiger partial charge is 0.462 e. The number of carbonyl (C=O) groups excluding carboxylic acids is 2. The van der Waals surface area contributed by atoms with Crippen molar-refractivity contribution in [2.24, 2.45) is 0 Å². The molecule has 1 atom stereocenters. The second kappa shape index (κ2) is 42.5. The molecule has 0 aliphatic rings. The molecule has 0 N–H and O–H groups in total. The molecule has 5 heteroatoms. The first kappa shape index (κ1) is 49.1. The number of hydrogen-bond acceptors (Lipinski definition) is 5. The van der Waals surface area contributed by atoms with Gasteiger partial charge in [-0.15, -0.1) is 0 Å². The van der Waals surface area contributed by atoms with E-state index < -0.39 is 6.10 Å². The first-order valence-electron chi connectivity index (χ1n) is 21.1. The fourth-order valence-electron chi connectivity index (χ4n) is 5.29. The summed E-state index contributed by atoms with van der Waals surface area (Å²) in [4.78, 5) is 24.9. The molecule has 0 aliphatic carbocycles. The maximum absolute atomic E-state index is 12.5. The van der Waals surface area contributed by atoms with Crippen molar-refractivity contribution >= 4 is 11.9 Å². The molecule has 0 radical (unpaired) electrons. The zero-order valence-electron chi connectivity index (χ0n) is 33.8. The predicted molar refractivity (Wildman–Crippen MR) is 223 cm³/mol. The van der Waals surface area contributed by atoms with Gasteiger partial charge in [0, 0.05) is 19.4 Å². The van der Waals surface area contributed by atoms with E-state index in [1.54, 1.807) is 0 Å². The van der Waals surface area contributed by atoms with Gasteiger partial charge in [0.2, 0.25) is 0 Å². The van der Waals surface area contributed by atoms with Gasteiger partial charge < -0.3 is 14.2 Å². The van der Waals surface area contributed by atoms with Crippen LogP contribution >= 0.6 is 0 Å². The molecule has 0 spiro atoms. The Morgan fingerprint density at radius 1 is 0.442 bits per heavy atom. The van der Waals surface area contributed by atoms with Crippen LogP contribution in [0.1, 0.15) is 175 Å². The first-order valence-corrected chi connectivity index (χ1v) is 21.1. The Hall–Kier alpha value is -2.92. The highest BCUT2D eigenvalue weighted by molar-refractivity contribution is 5.70. The summed E-state index contributed by atoms with van der Waals surface area (Å²) in [5.74, 6) is -0.491. The standard InChI is InChI=1S/C47H78O5/c1-4-7-10-13-15-17-19-21-23-24-25-26-28-30-32-35-37-40-46(48)51-44-45(52-47(49)41-38-34-12-9-6-3)43-50-42-39-36-33-31-29-27-22-20-18-16-14-11-8-5-2/h7,10-11,14-15,17-18,20-21,23,25-26,30,32,45H,4-6,8-9,12-13,16,19,22,24,27-29,31,33-44H2,1-3H3/b10-7-,14-11-,17-15-,20-18-,23-21-,26-25-,32-30-. The molecule has 0 aromatic heterocycles. The molecule has 1 unspecified atom stereocenters. The lowest BCUT2D eigenvalue weighted by Gasteiger charge is -2.18. The third-order valence-corrected chi connectivity index (χ3v) is 8.40. The van der Waals surface area contributed by atoms with Crippen LogP contribution in [0.4, 0.5) is 0 Å². The van der Waals surface area contributed by atoms with Gasteiger partial charge in [-0.3, -0.25) is 9.59 Å². The summed E-state index contributed by atoms with van der Waals surface area (Å²) in [6.45, 7) is 7.47. The van der Waals surface area contributed by atoms with Crippen molar-refractivity contribution in [3.8, 4) is 0 Å². The van der Waals surface area contributed by atoms with Crippen LogP contribution in [-0.4, -0.2) is 37.9 Å². The van der Waals surface area contributed by atoms with Crippen LogP contribution < -0.4 is 0 Å². The van der Waals surface area contributed by atoms with Crippen LogP contribution in [0.5, 0.6) is 0 Å². The van der Waals surface area contributed by atoms with E-state index in [4.69, 9.17) is 14.2 Å². The van der Waals surface area contributed by atoms with E-state index in [1.165, 1.54) is 57.8 Å². The number of esters is 2. The second-order valence-electron chi connectivity index (χ2n) is 13.5. The predicted octanol–water partition coefficient (Wildman–Crippen LogP) is 13.8. The molecule has 0 aromatic carbocycles. The number of allylic oxidation sites excluding steroid dienone is 14. The lowest BCUT2D eigenvalue weighted by atomic mass is 10.1. The number of hydrogen-bond donors (Lipinski definition) is 0. The minimum atomic E-state index is -0.562. The van der Waals surface area contributed by atoms with E-state index in [2.05, 4.69) is 106 Å². The summed E-state index contributed by atoms with van der Waals surface area (Å²) >= 11 is 0. The topological polar surface area (TPSA) is 61.8 Å². The highest BCUT2D eigenvalue weighted by atomic mass is 16.6. The molecule has 0 saturated carbocycles. The Kier molecular flexibility index (Phi) is 40.1. The third kappa shape index (κ3) is 39.9. The van der Waals surface area contributed by atoms with Crippen molar-refractivity contribution in [3.05, 3.63) is 85.1 Å². The Labute approximate surface area is 320 Å². The van der Waals surface area contributed by atoms with Gasteiger partial charge >= 0.3 is 11.9 Å². The molecule has 0 aromatic rings. The van der Waals surface area contributed by atoms with Crippen LogP contribution in [0, 0.1) is 0 Å². The average Bonchev–Trinajstić information content (AvgIpc) is 3.14. The lowest BCUT2D eigenvalue weighted by Crippen LogP contribution is -2.30. The van der Waals surface area contributed by atoms with Gasteiger partial charge in [-0.2, -0.15) is 0 Å². The second-order valence-corrected chi connectivity index (χ2v) is 13.5. The van der Waals surface area contributed by atoms with Gasteiger partial charge in [0.15, 0.2) is 6.10 Å². The van der Waals surface area contributed by atoms with Gasteiger partial charge in [0.05, 0.1) is 6.61 Å². The Bertz CT molecular complexity index is 999. The van der Waals surface area contributed by atoms with Crippen molar-refractivity contribution in [2.75, 3.05) is 19.8 Å². The zero-order valence-corrected chi connectivity index (χ0v) is 33.8. The maximum atomic E-state index is 12.5. The molecule has 0 fully saturated rings. The third-order valence-electron chi connectivity index (χ3n) is 8.40. The average molecular weight is 723 g/mol. The molecule has 0 rings (SSSR count). The highest BCUT2D eigenvalue weighted by Crippen LogP contribution is 2.11. The minimum Gasteiger partial charge on any atom is -0.462 e. The van der Waals surface area contributed by atoms with E-state index in [-0.39, 0.29) is 25.2 Å². The summed E-state index contributed by atoms with van der Waals surface area (Å²) < 4.78 is 17.1. The van der Waals surface area contributed by atoms with Gasteiger partial charge in [-0.05, 0) is 83.5 Å². The van der Waals surface area contributed by atoms with Gasteiger partial charge in [0.1, 0.15) is 6.61 Å². The highest BCUT2D eigenvalue weighted by Gasteiger charge is 2.17. The number of rotatable bonds is 37. The molecule has 52 heavy (non-hydrogen) atoms. The van der Waals surface area contributed by atoms with Crippen molar-refractivity contribution in [2.45, 2.75) is 181 Å². The van der Waals surface area contributed by atoms with Crippen LogP contribution in [-0.2, 0) is 23.8 Å². The fourth-order valence-corrected chi connectivity index (χ4v) is 5.29. The summed E-state index contributed by atoms with van der Waals surface area (Å²) in [6.07, 6.45) is 54.7. The van der Waals surface area contributed by atoms with Crippen molar-refractivity contribution in [3.63, 3.8) is 0 Å². The molecular weight excluding hydrogens is 645 g/mol. The summed E-state index contributed by atoms with van der Waals surface area (Å²) in [6, 6.07) is 0. The molecule has 0 heterocycles. The first-order chi connectivity index (χ1) is 25.6. The van der Waals surface area contributed by atoms with E-state index in [0.29, 0.717) is 19.4 Å². The molecule has 0 aliphatic heterocycles. The normalized spacial score (nSPS) is 13.1. The number of ether oxygens (including phenoxy) is 3. The number of unbranched alkanes of at least 4 members (excludes halogenated alkanes) is 12. The van der Waals surface area contributed by atoms with E-state index in [9.17, 15) is 9.59 Å². The smallest absolute Gasteiger partial charge is 0.306 e. The van der Waals surface area contributed by atoms with Crippen LogP contribution in [0.25, 0.3) is 0 Å². The van der Waals surface area contributed by atoms with Crippen LogP contribution in [0.15, 0.2) is 85.1 Å². The van der Waals surface area contributed by atoms with Crippen molar-refractivity contribution in [1.82, 2.24) is 0 Å². The Morgan fingerprint density at radius 3 is 1.52 bits per heavy atom. The fraction of sp³-hybridized carbons (Fsp3) is 0.660. The maximum Gasteiger partial charge on any atom is 0.306 e. The quantitative estimate of drug-likeness (QED) is 0.0363. The Morgan fingerprint density at radius 2 is 0.923 bits per heavy atom. The van der Waals surface area contributed by atoms with E-state index in [0.717, 1.165) is 83.5 Å².